The number of fused-ring (bicyclic) bond motifs is 2. The van der Waals surface area contributed by atoms with Crippen molar-refractivity contribution in [3.63, 3.8) is 0 Å². The fourth-order valence-electron chi connectivity index (χ4n) is 3.52. The van der Waals surface area contributed by atoms with Crippen molar-refractivity contribution >= 4 is 60.9 Å². The van der Waals surface area contributed by atoms with Crippen molar-refractivity contribution in [3.8, 4) is 11.5 Å². The van der Waals surface area contributed by atoms with E-state index in [0.29, 0.717) is 35.3 Å². The summed E-state index contributed by atoms with van der Waals surface area (Å²) in [6.07, 6.45) is 2.34. The number of imide groups is 1. The summed E-state index contributed by atoms with van der Waals surface area (Å²) in [5.74, 6) is -0.273. The van der Waals surface area contributed by atoms with E-state index < -0.39 is 24.5 Å². The fraction of sp³-hybridized carbons (Fsp3) is 0.333. The van der Waals surface area contributed by atoms with Crippen molar-refractivity contribution in [2.75, 3.05) is 43.1 Å². The molecule has 172 valence electrons. The zero-order valence-electron chi connectivity index (χ0n) is 17.4. The summed E-state index contributed by atoms with van der Waals surface area (Å²) >= 11 is 2.77. The zero-order chi connectivity index (χ0) is 22.8. The highest BCUT2D eigenvalue weighted by Crippen LogP contribution is 2.36. The number of esters is 1. The molecule has 2 aliphatic heterocycles. The molecular formula is C21H20N4O6S2. The van der Waals surface area contributed by atoms with E-state index in [2.05, 4.69) is 20.5 Å². The van der Waals surface area contributed by atoms with Gasteiger partial charge in [-0.05, 0) is 31.0 Å². The number of hydrogen-bond donors (Lipinski definition) is 2. The largest absolute Gasteiger partial charge is 0.486 e. The van der Waals surface area contributed by atoms with Crippen molar-refractivity contribution in [3.05, 3.63) is 29.1 Å². The fourth-order valence-corrected chi connectivity index (χ4v) is 5.67. The van der Waals surface area contributed by atoms with Crippen molar-refractivity contribution in [2.45, 2.75) is 12.8 Å². The lowest BCUT2D eigenvalue weighted by Gasteiger charge is -2.19. The molecule has 10 nitrogen and oxygen atoms in total. The molecule has 0 atom stereocenters. The third-order valence-corrected chi connectivity index (χ3v) is 7.24. The molecule has 0 saturated carbocycles. The summed E-state index contributed by atoms with van der Waals surface area (Å²) in [6, 6.07) is 5.88. The van der Waals surface area contributed by atoms with Crippen LogP contribution in [-0.4, -0.2) is 55.8 Å². The van der Waals surface area contributed by atoms with Crippen molar-refractivity contribution < 1.29 is 28.6 Å². The van der Waals surface area contributed by atoms with Gasteiger partial charge in [0, 0.05) is 24.8 Å². The Labute approximate surface area is 196 Å². The van der Waals surface area contributed by atoms with E-state index in [1.54, 1.807) is 35.6 Å². The average Bonchev–Trinajstić information content (AvgIpc) is 3.53. The van der Waals surface area contributed by atoms with Crippen LogP contribution < -0.4 is 25.0 Å². The average molecular weight is 489 g/mol. The van der Waals surface area contributed by atoms with Gasteiger partial charge in [-0.25, -0.2) is 14.6 Å². The van der Waals surface area contributed by atoms with Gasteiger partial charge in [0.05, 0.1) is 4.70 Å². The standard InChI is InChI=1S/C21H20N4O6S2/c26-17(23-20(28)22-12-3-4-13-14(9-12)30-8-7-29-13)11-31-19(27)16-10-15-18(32-16)24-21(33-15)25-5-1-2-6-25/h3-4,9-10H,1-2,5-8,11H2,(H2,22,23,26,28). The SMILES string of the molecule is O=C(COC(=O)c1cc2sc(N3CCCC3)nc2s1)NC(=O)Nc1ccc2c(c1)OCCO2. The Morgan fingerprint density at radius 1 is 1.06 bits per heavy atom. The topological polar surface area (TPSA) is 119 Å². The third kappa shape index (κ3) is 4.86. The minimum absolute atomic E-state index is 0.366. The van der Waals surface area contributed by atoms with Crippen LogP contribution in [-0.2, 0) is 9.53 Å². The summed E-state index contributed by atoms with van der Waals surface area (Å²) in [6.45, 7) is 2.32. The molecule has 5 rings (SSSR count). The number of benzene rings is 1. The summed E-state index contributed by atoms with van der Waals surface area (Å²) in [5, 5.41) is 5.62. The van der Waals surface area contributed by atoms with Crippen LogP contribution in [0.3, 0.4) is 0 Å². The molecular weight excluding hydrogens is 468 g/mol. The van der Waals surface area contributed by atoms with Gasteiger partial charge in [0.1, 0.15) is 22.9 Å². The van der Waals surface area contributed by atoms with Crippen LogP contribution in [0.25, 0.3) is 9.53 Å². The third-order valence-electron chi connectivity index (χ3n) is 5.04. The smallest absolute Gasteiger partial charge is 0.348 e. The Morgan fingerprint density at radius 3 is 2.64 bits per heavy atom. The normalized spacial score (nSPS) is 14.8. The summed E-state index contributed by atoms with van der Waals surface area (Å²) in [5.41, 5.74) is 0.431. The Bertz CT molecular complexity index is 1190. The van der Waals surface area contributed by atoms with Gasteiger partial charge < -0.3 is 24.4 Å². The van der Waals surface area contributed by atoms with E-state index in [1.807, 2.05) is 0 Å². The van der Waals surface area contributed by atoms with Gasteiger partial charge in [0.25, 0.3) is 5.91 Å². The highest BCUT2D eigenvalue weighted by Gasteiger charge is 2.21. The summed E-state index contributed by atoms with van der Waals surface area (Å²) in [7, 11) is 0. The Kier molecular flexibility index (Phi) is 6.01. The van der Waals surface area contributed by atoms with Crippen molar-refractivity contribution in [1.29, 1.82) is 0 Å². The Balaban J connectivity index is 1.11. The number of carbonyl (C=O) groups excluding carboxylic acids is 3. The molecule has 0 radical (unpaired) electrons. The molecule has 0 bridgehead atoms. The Hall–Kier alpha value is -3.38. The van der Waals surface area contributed by atoms with Crippen LogP contribution in [0.15, 0.2) is 24.3 Å². The maximum atomic E-state index is 12.3. The Morgan fingerprint density at radius 2 is 1.85 bits per heavy atom. The first-order valence-corrected chi connectivity index (χ1v) is 12.0. The minimum Gasteiger partial charge on any atom is -0.486 e. The summed E-state index contributed by atoms with van der Waals surface area (Å²) < 4.78 is 16.8. The number of thiophene rings is 1. The lowest BCUT2D eigenvalue weighted by molar-refractivity contribution is -0.123. The summed E-state index contributed by atoms with van der Waals surface area (Å²) in [4.78, 5) is 44.4. The predicted molar refractivity (Wildman–Crippen MR) is 124 cm³/mol. The molecule has 1 fully saturated rings. The predicted octanol–water partition coefficient (Wildman–Crippen LogP) is 3.23. The van der Waals surface area contributed by atoms with Crippen LogP contribution in [0.5, 0.6) is 11.5 Å². The van der Waals surface area contributed by atoms with E-state index in [0.717, 1.165) is 27.8 Å². The lowest BCUT2D eigenvalue weighted by Crippen LogP contribution is -2.37. The number of hydrogen-bond acceptors (Lipinski definition) is 10. The lowest BCUT2D eigenvalue weighted by atomic mass is 10.2. The van der Waals surface area contributed by atoms with Gasteiger partial charge in [-0.1, -0.05) is 11.3 Å². The van der Waals surface area contributed by atoms with Gasteiger partial charge in [-0.3, -0.25) is 10.1 Å². The van der Waals surface area contributed by atoms with Crippen LogP contribution in [0, 0.1) is 0 Å². The number of carbonyl (C=O) groups is 3. The molecule has 2 aromatic heterocycles. The first kappa shape index (κ1) is 21.5. The number of thiazole rings is 1. The first-order chi connectivity index (χ1) is 16.0. The molecule has 1 saturated heterocycles. The van der Waals surface area contributed by atoms with Gasteiger partial charge in [-0.2, -0.15) is 0 Å². The number of amides is 3. The number of anilines is 2. The van der Waals surface area contributed by atoms with E-state index in [-0.39, 0.29) is 0 Å². The number of ether oxygens (including phenoxy) is 3. The van der Waals surface area contributed by atoms with Crippen LogP contribution in [0.1, 0.15) is 22.5 Å². The molecule has 3 aromatic rings. The molecule has 1 aromatic carbocycles. The monoisotopic (exact) mass is 488 g/mol. The van der Waals surface area contributed by atoms with Crippen molar-refractivity contribution in [1.82, 2.24) is 10.3 Å². The quantitative estimate of drug-likeness (QED) is 0.526. The maximum absolute atomic E-state index is 12.3. The second-order valence-corrected chi connectivity index (χ2v) is 9.45. The molecule has 2 N–H and O–H groups in total. The van der Waals surface area contributed by atoms with Crippen LogP contribution in [0.2, 0.25) is 0 Å². The number of urea groups is 1. The molecule has 2 aliphatic rings. The van der Waals surface area contributed by atoms with E-state index >= 15 is 0 Å². The van der Waals surface area contributed by atoms with Gasteiger partial charge in [0.15, 0.2) is 23.2 Å². The zero-order valence-corrected chi connectivity index (χ0v) is 19.1. The second kappa shape index (κ2) is 9.24. The van der Waals surface area contributed by atoms with E-state index in [4.69, 9.17) is 14.2 Å². The van der Waals surface area contributed by atoms with Crippen LogP contribution in [0.4, 0.5) is 15.6 Å². The number of nitrogens with zero attached hydrogens (tertiary/aromatic N) is 2. The van der Waals surface area contributed by atoms with Crippen molar-refractivity contribution in [2.24, 2.45) is 0 Å². The molecule has 4 heterocycles. The molecule has 33 heavy (non-hydrogen) atoms. The molecule has 3 amide bonds. The van der Waals surface area contributed by atoms with Gasteiger partial charge in [-0.15, -0.1) is 11.3 Å². The maximum Gasteiger partial charge on any atom is 0.348 e. The van der Waals surface area contributed by atoms with Crippen LogP contribution >= 0.6 is 22.7 Å². The highest BCUT2D eigenvalue weighted by atomic mass is 32.1. The highest BCUT2D eigenvalue weighted by molar-refractivity contribution is 7.29. The minimum atomic E-state index is -0.747. The molecule has 0 spiro atoms. The number of nitrogens with one attached hydrogen (secondary N) is 2. The second-order valence-electron chi connectivity index (χ2n) is 7.41. The first-order valence-electron chi connectivity index (χ1n) is 10.4. The number of rotatable bonds is 5. The molecule has 0 aliphatic carbocycles. The van der Waals surface area contributed by atoms with Gasteiger partial charge >= 0.3 is 12.0 Å². The molecule has 0 unspecified atom stereocenters. The van der Waals surface area contributed by atoms with E-state index in [1.165, 1.54) is 24.2 Å². The van der Waals surface area contributed by atoms with Gasteiger partial charge in [0.2, 0.25) is 0 Å². The number of aromatic nitrogens is 1. The molecule has 12 heteroatoms. The van der Waals surface area contributed by atoms with E-state index in [9.17, 15) is 14.4 Å².